The maximum absolute atomic E-state index is 12.2. The first-order valence-electron chi connectivity index (χ1n) is 12.0. The van der Waals surface area contributed by atoms with Gasteiger partial charge in [0.05, 0.1) is 25.3 Å². The lowest BCUT2D eigenvalue weighted by atomic mass is 10.2. The number of aliphatic carboxylic acids is 1. The number of hydrogen-bond acceptors (Lipinski definition) is 14. The van der Waals surface area contributed by atoms with E-state index in [4.69, 9.17) is 44.5 Å². The molecule has 0 aromatic heterocycles. The molecule has 0 radical (unpaired) electrons. The molecular formula is C22H29N5O13P2S. The number of carboxylic acid groups (broad SMARTS) is 1. The maximum atomic E-state index is 12.2. The summed E-state index contributed by atoms with van der Waals surface area (Å²) in [5.74, 6) is -2.50. The van der Waals surface area contributed by atoms with Gasteiger partial charge in [-0.3, -0.25) is 24.2 Å². The summed E-state index contributed by atoms with van der Waals surface area (Å²) in [6.07, 6.45) is -0.665. The zero-order valence-corrected chi connectivity index (χ0v) is 25.5. The first-order valence-corrected chi connectivity index (χ1v) is 13.7. The van der Waals surface area contributed by atoms with E-state index in [-0.39, 0.29) is 31.7 Å². The number of cyclic esters (lactones) is 2. The van der Waals surface area contributed by atoms with Gasteiger partial charge in [-0.15, -0.1) is 4.33 Å². The largest absolute Gasteiger partial charge is 0.480 e. The smallest absolute Gasteiger partial charge is 0.353 e. The molecule has 3 heterocycles. The average Bonchev–Trinajstić information content (AvgIpc) is 3.66. The van der Waals surface area contributed by atoms with Gasteiger partial charge in [-0.05, 0) is 12.1 Å². The third-order valence-corrected chi connectivity index (χ3v) is 7.05. The molecule has 236 valence electrons. The second-order valence-electron chi connectivity index (χ2n) is 8.46. The molecule has 0 aliphatic carbocycles. The number of aliphatic hydroxyl groups excluding tert-OH is 1. The molecule has 4 N–H and O–H groups in total. The van der Waals surface area contributed by atoms with Crippen LogP contribution in [0.4, 0.5) is 0 Å². The number of rotatable bonds is 10. The Morgan fingerprint density at radius 1 is 1.19 bits per heavy atom. The fraction of sp³-hybridized carbons (Fsp3) is 0.455. The van der Waals surface area contributed by atoms with Crippen LogP contribution in [0.2, 0.25) is 0 Å². The van der Waals surface area contributed by atoms with Gasteiger partial charge >= 0.3 is 29.5 Å². The summed E-state index contributed by atoms with van der Waals surface area (Å²) in [4.78, 5) is 66.5. The minimum absolute atomic E-state index is 0.0218. The van der Waals surface area contributed by atoms with Gasteiger partial charge in [0.1, 0.15) is 17.4 Å². The number of carbonyl (C=O) groups is 5. The average molecular weight is 666 g/mol. The molecule has 3 aliphatic rings. The van der Waals surface area contributed by atoms with Crippen molar-refractivity contribution >= 4 is 66.4 Å². The summed E-state index contributed by atoms with van der Waals surface area (Å²) in [5, 5.41) is 15.2. The Morgan fingerprint density at radius 2 is 1.84 bits per heavy atom. The molecule has 2 amide bonds. The van der Waals surface area contributed by atoms with Crippen molar-refractivity contribution in [1.82, 2.24) is 9.80 Å². The Hall–Kier alpha value is -3.24. The van der Waals surface area contributed by atoms with E-state index in [2.05, 4.69) is 19.0 Å². The second-order valence-corrected chi connectivity index (χ2v) is 9.90. The molecule has 18 nitrogen and oxygen atoms in total. The summed E-state index contributed by atoms with van der Waals surface area (Å²) in [6, 6.07) is 6.24. The van der Waals surface area contributed by atoms with Crippen molar-refractivity contribution in [3.63, 3.8) is 0 Å². The van der Waals surface area contributed by atoms with Gasteiger partial charge in [0.2, 0.25) is 5.91 Å². The van der Waals surface area contributed by atoms with Crippen molar-refractivity contribution < 1.29 is 66.7 Å². The third kappa shape index (κ3) is 9.63. The number of benzene rings is 1. The van der Waals surface area contributed by atoms with Crippen LogP contribution in [0, 0.1) is 0 Å². The Balaban J connectivity index is 0.000000256. The predicted octanol–water partition coefficient (Wildman–Crippen LogP) is -1.50. The van der Waals surface area contributed by atoms with Crippen LogP contribution in [0.3, 0.4) is 0 Å². The summed E-state index contributed by atoms with van der Waals surface area (Å²) >= 11 is 0.819. The van der Waals surface area contributed by atoms with Crippen LogP contribution >= 0.6 is 31.0 Å². The summed E-state index contributed by atoms with van der Waals surface area (Å²) in [7, 11) is 4.05. The maximum Gasteiger partial charge on any atom is 0.353 e. The fourth-order valence-corrected chi connectivity index (χ4v) is 4.80. The van der Waals surface area contributed by atoms with Crippen molar-refractivity contribution in [3.05, 3.63) is 35.9 Å². The number of hydrogen-bond donors (Lipinski definition) is 3. The van der Waals surface area contributed by atoms with Gasteiger partial charge in [0.15, 0.2) is 31.3 Å². The van der Waals surface area contributed by atoms with Gasteiger partial charge in [-0.1, -0.05) is 18.2 Å². The van der Waals surface area contributed by atoms with Gasteiger partial charge in [-0.25, -0.2) is 9.59 Å². The predicted molar refractivity (Wildman–Crippen MR) is 150 cm³/mol. The molecule has 3 fully saturated rings. The molecule has 1 aromatic carbocycles. The molecule has 4 rings (SSSR count). The van der Waals surface area contributed by atoms with E-state index in [1.54, 1.807) is 24.3 Å². The van der Waals surface area contributed by atoms with Gasteiger partial charge in [0.25, 0.3) is 0 Å². The number of nitrogens with zero attached hydrogens (tertiary/aromatic N) is 4. The highest BCUT2D eigenvalue weighted by molar-refractivity contribution is 7.96. The lowest BCUT2D eigenvalue weighted by Gasteiger charge is -2.16. The molecule has 0 spiro atoms. The Morgan fingerprint density at radius 3 is 2.37 bits per heavy atom. The van der Waals surface area contributed by atoms with E-state index < -0.39 is 59.9 Å². The van der Waals surface area contributed by atoms with E-state index in [9.17, 15) is 24.0 Å². The van der Waals surface area contributed by atoms with Gasteiger partial charge < -0.3 is 44.9 Å². The van der Waals surface area contributed by atoms with Crippen LogP contribution in [0.25, 0.3) is 5.53 Å². The molecule has 1 aromatic rings. The molecule has 3 saturated heterocycles. The van der Waals surface area contributed by atoms with Crippen LogP contribution < -0.4 is 10.6 Å². The Bertz CT molecular complexity index is 1210. The number of aliphatic hydroxyl groups is 1. The van der Waals surface area contributed by atoms with E-state index in [1.165, 1.54) is 11.8 Å². The number of carboxylic acids is 1. The third-order valence-electron chi connectivity index (χ3n) is 5.72. The number of amides is 2. The van der Waals surface area contributed by atoms with Crippen LogP contribution in [0.1, 0.15) is 6.92 Å². The molecule has 3 aliphatic heterocycles. The number of nitrogens with two attached hydrogens (primary N) is 1. The van der Waals surface area contributed by atoms with Crippen LogP contribution in [-0.2, 0) is 46.8 Å². The molecule has 0 bridgehead atoms. The number of esters is 2. The first-order chi connectivity index (χ1) is 20.5. The number of fused-ring (bicyclic) bond motifs is 1. The van der Waals surface area contributed by atoms with E-state index in [0.29, 0.717) is 5.75 Å². The fourth-order valence-electron chi connectivity index (χ4n) is 3.45. The van der Waals surface area contributed by atoms with Crippen molar-refractivity contribution in [2.45, 2.75) is 36.4 Å². The number of ether oxygens (including phenoxy) is 2. The highest BCUT2D eigenvalue weighted by atomic mass is 32.2. The van der Waals surface area contributed by atoms with Crippen LogP contribution in [0.15, 0.2) is 30.3 Å². The van der Waals surface area contributed by atoms with E-state index in [1.807, 2.05) is 15.5 Å². The monoisotopic (exact) mass is 665 g/mol. The lowest BCUT2D eigenvalue weighted by Crippen LogP contribution is -2.43. The lowest BCUT2D eigenvalue weighted by molar-refractivity contribution is -0.141. The summed E-state index contributed by atoms with van der Waals surface area (Å²) in [6.45, 7) is 0.652. The van der Waals surface area contributed by atoms with E-state index >= 15 is 0 Å². The standard InChI is InChI=1S/C12H12NO6PS.C7H10N3O4P.C3H7NO3/c14-11-10(21-19-17-7-4-2-1-3-5-7)9(18-20)8-12(15)16-6-13(8)11;1-4(9-8)6(11)10-3-13-7(12)5(10)2-14-15;4-2(1-5)3(6)7/h1-5,8-10H,6,20H2;5H,2-3,15H2,1H3;2,5H,1,4H2,(H,6,7). The van der Waals surface area contributed by atoms with Crippen molar-refractivity contribution in [3.8, 4) is 5.75 Å². The summed E-state index contributed by atoms with van der Waals surface area (Å²) in [5.41, 5.74) is 13.1. The van der Waals surface area contributed by atoms with Gasteiger partial charge in [0, 0.05) is 25.9 Å². The molecule has 7 unspecified atom stereocenters. The Kier molecular flexibility index (Phi) is 14.9. The zero-order chi connectivity index (χ0) is 32.1. The zero-order valence-electron chi connectivity index (χ0n) is 22.4. The number of para-hydroxylation sites is 1. The van der Waals surface area contributed by atoms with Crippen LogP contribution in [0.5, 0.6) is 5.75 Å². The number of carbonyl (C=O) groups excluding carboxylic acids is 4. The van der Waals surface area contributed by atoms with Crippen molar-refractivity contribution in [1.29, 1.82) is 0 Å². The first kappa shape index (κ1) is 36.0. The summed E-state index contributed by atoms with van der Waals surface area (Å²) < 4.78 is 24.4. The minimum Gasteiger partial charge on any atom is -0.480 e. The van der Waals surface area contributed by atoms with Crippen molar-refractivity contribution in [2.24, 2.45) is 5.73 Å². The minimum atomic E-state index is -1.18. The quantitative estimate of drug-likeness (QED) is 0.0376. The molecule has 21 heteroatoms. The van der Waals surface area contributed by atoms with Crippen LogP contribution in [-0.4, -0.2) is 116 Å². The Labute approximate surface area is 253 Å². The second kappa shape index (κ2) is 17.8. The molecule has 7 atom stereocenters. The highest BCUT2D eigenvalue weighted by Crippen LogP contribution is 2.36. The highest BCUT2D eigenvalue weighted by Gasteiger charge is 2.57. The normalized spacial score (nSPS) is 22.6. The molecular weight excluding hydrogens is 636 g/mol. The molecule has 0 saturated carbocycles. The van der Waals surface area contributed by atoms with E-state index in [0.717, 1.165) is 16.9 Å². The molecule has 43 heavy (non-hydrogen) atoms. The SMILES string of the molecule is CC(=[N+]=[N-])C(=O)N1COC(=O)C1COP.NC(CO)C(=O)O.O=C1OCN2C(=O)C(SOOc3ccccc3)C(OP)C12. The van der Waals surface area contributed by atoms with Crippen molar-refractivity contribution in [2.75, 3.05) is 26.7 Å². The topological polar surface area (TPSA) is 250 Å². The van der Waals surface area contributed by atoms with Gasteiger partial charge in [-0.2, -0.15) is 4.79 Å².